The van der Waals surface area contributed by atoms with Crippen LogP contribution in [0.2, 0.25) is 0 Å². The molecule has 3 rings (SSSR count). The SMILES string of the molecule is Cc1ccc2nc(NCc3ncc(C)o3)nn2c1. The molecule has 0 aliphatic carbocycles. The topological polar surface area (TPSA) is 68.2 Å². The summed E-state index contributed by atoms with van der Waals surface area (Å²) in [6, 6.07) is 3.94. The molecule has 0 saturated carbocycles. The molecular weight excluding hydrogens is 230 g/mol. The van der Waals surface area contributed by atoms with Gasteiger partial charge in [0.1, 0.15) is 5.76 Å². The van der Waals surface area contributed by atoms with Gasteiger partial charge in [0, 0.05) is 6.20 Å². The Hall–Kier alpha value is -2.37. The Bertz CT molecular complexity index is 685. The highest BCUT2D eigenvalue weighted by atomic mass is 16.4. The van der Waals surface area contributed by atoms with Crippen LogP contribution >= 0.6 is 0 Å². The van der Waals surface area contributed by atoms with Crippen molar-refractivity contribution in [3.05, 3.63) is 41.7 Å². The predicted molar refractivity (Wildman–Crippen MR) is 66.3 cm³/mol. The summed E-state index contributed by atoms with van der Waals surface area (Å²) in [7, 11) is 0. The fourth-order valence-electron chi connectivity index (χ4n) is 1.70. The summed E-state index contributed by atoms with van der Waals surface area (Å²) in [5, 5.41) is 7.40. The maximum Gasteiger partial charge on any atom is 0.243 e. The van der Waals surface area contributed by atoms with Gasteiger partial charge in [-0.05, 0) is 25.5 Å². The van der Waals surface area contributed by atoms with Crippen LogP contribution in [0.3, 0.4) is 0 Å². The summed E-state index contributed by atoms with van der Waals surface area (Å²) < 4.78 is 7.11. The molecule has 0 bridgehead atoms. The standard InChI is InChI=1S/C12H13N5O/c1-8-3-4-10-15-12(16-17(10)7-8)14-6-11-13-5-9(2)18-11/h3-5,7H,6H2,1-2H3,(H,14,16). The average Bonchev–Trinajstić information content (AvgIpc) is 2.92. The summed E-state index contributed by atoms with van der Waals surface area (Å²) in [6.45, 7) is 4.36. The fourth-order valence-corrected chi connectivity index (χ4v) is 1.70. The van der Waals surface area contributed by atoms with Gasteiger partial charge in [-0.25, -0.2) is 9.50 Å². The molecule has 1 N–H and O–H groups in total. The van der Waals surface area contributed by atoms with Crippen LogP contribution in [0.1, 0.15) is 17.2 Å². The second-order valence-electron chi connectivity index (χ2n) is 4.16. The van der Waals surface area contributed by atoms with Crippen molar-refractivity contribution in [2.45, 2.75) is 20.4 Å². The van der Waals surface area contributed by atoms with Gasteiger partial charge in [0.2, 0.25) is 11.8 Å². The van der Waals surface area contributed by atoms with E-state index in [1.807, 2.05) is 32.2 Å². The van der Waals surface area contributed by atoms with Crippen molar-refractivity contribution in [3.63, 3.8) is 0 Å². The Morgan fingerprint density at radius 2 is 2.22 bits per heavy atom. The Morgan fingerprint density at radius 3 is 3.00 bits per heavy atom. The molecule has 0 fully saturated rings. The molecule has 18 heavy (non-hydrogen) atoms. The number of nitrogens with one attached hydrogen (secondary N) is 1. The maximum absolute atomic E-state index is 5.36. The summed E-state index contributed by atoms with van der Waals surface area (Å²) in [5.74, 6) is 1.99. The molecule has 0 amide bonds. The Labute approximate surface area is 104 Å². The van der Waals surface area contributed by atoms with Crippen LogP contribution in [0.4, 0.5) is 5.95 Å². The summed E-state index contributed by atoms with van der Waals surface area (Å²) >= 11 is 0. The number of pyridine rings is 1. The lowest BCUT2D eigenvalue weighted by Crippen LogP contribution is -2.01. The van der Waals surface area contributed by atoms with E-state index in [-0.39, 0.29) is 0 Å². The third kappa shape index (κ3) is 2.04. The van der Waals surface area contributed by atoms with E-state index in [1.54, 1.807) is 10.7 Å². The second kappa shape index (κ2) is 4.14. The van der Waals surface area contributed by atoms with Gasteiger partial charge in [0.25, 0.3) is 0 Å². The number of anilines is 1. The average molecular weight is 243 g/mol. The normalized spacial score (nSPS) is 11.0. The Balaban J connectivity index is 1.78. The molecule has 3 aromatic heterocycles. The molecule has 6 nitrogen and oxygen atoms in total. The minimum absolute atomic E-state index is 0.476. The van der Waals surface area contributed by atoms with Crippen LogP contribution < -0.4 is 5.32 Å². The van der Waals surface area contributed by atoms with Crippen LogP contribution in [0.5, 0.6) is 0 Å². The molecule has 0 atom stereocenters. The predicted octanol–water partition coefficient (Wildman–Crippen LogP) is 1.95. The van der Waals surface area contributed by atoms with Gasteiger partial charge >= 0.3 is 0 Å². The molecule has 0 unspecified atom stereocenters. The molecule has 0 spiro atoms. The summed E-state index contributed by atoms with van der Waals surface area (Å²) in [5.41, 5.74) is 1.95. The first-order chi connectivity index (χ1) is 8.70. The van der Waals surface area contributed by atoms with Gasteiger partial charge in [-0.2, -0.15) is 4.98 Å². The summed E-state index contributed by atoms with van der Waals surface area (Å²) in [6.07, 6.45) is 3.63. The molecule has 0 saturated heterocycles. The lowest BCUT2D eigenvalue weighted by atomic mass is 10.3. The zero-order valence-electron chi connectivity index (χ0n) is 10.2. The van der Waals surface area contributed by atoms with Gasteiger partial charge in [-0.3, -0.25) is 0 Å². The van der Waals surface area contributed by atoms with E-state index in [4.69, 9.17) is 4.42 Å². The van der Waals surface area contributed by atoms with Gasteiger partial charge in [0.05, 0.1) is 12.7 Å². The maximum atomic E-state index is 5.36. The van der Waals surface area contributed by atoms with E-state index in [1.165, 1.54) is 0 Å². The molecule has 0 aliphatic heterocycles. The van der Waals surface area contributed by atoms with Crippen LogP contribution in [0, 0.1) is 13.8 Å². The number of aromatic nitrogens is 4. The van der Waals surface area contributed by atoms with Gasteiger partial charge in [-0.15, -0.1) is 5.10 Å². The minimum Gasteiger partial charge on any atom is -0.444 e. The van der Waals surface area contributed by atoms with Crippen molar-refractivity contribution in [3.8, 4) is 0 Å². The number of hydrogen-bond donors (Lipinski definition) is 1. The largest absolute Gasteiger partial charge is 0.444 e. The van der Waals surface area contributed by atoms with Crippen molar-refractivity contribution in [2.24, 2.45) is 0 Å². The highest BCUT2D eigenvalue weighted by Gasteiger charge is 2.05. The lowest BCUT2D eigenvalue weighted by Gasteiger charge is -1.95. The smallest absolute Gasteiger partial charge is 0.243 e. The van der Waals surface area contributed by atoms with Crippen molar-refractivity contribution < 1.29 is 4.42 Å². The zero-order valence-corrected chi connectivity index (χ0v) is 10.2. The number of fused-ring (bicyclic) bond motifs is 1. The first kappa shape index (κ1) is 10.8. The third-order valence-corrected chi connectivity index (χ3v) is 2.55. The van der Waals surface area contributed by atoms with Crippen molar-refractivity contribution in [2.75, 3.05) is 5.32 Å². The second-order valence-corrected chi connectivity index (χ2v) is 4.16. The molecule has 3 aromatic rings. The first-order valence-electron chi connectivity index (χ1n) is 5.69. The zero-order chi connectivity index (χ0) is 12.5. The van der Waals surface area contributed by atoms with Crippen LogP contribution in [0.25, 0.3) is 5.65 Å². The van der Waals surface area contributed by atoms with Crippen molar-refractivity contribution in [1.29, 1.82) is 0 Å². The van der Waals surface area contributed by atoms with Crippen LogP contribution in [0.15, 0.2) is 28.9 Å². The third-order valence-electron chi connectivity index (χ3n) is 2.55. The van der Waals surface area contributed by atoms with E-state index in [0.29, 0.717) is 18.4 Å². The number of rotatable bonds is 3. The molecular formula is C12H13N5O. The molecule has 6 heteroatoms. The van der Waals surface area contributed by atoms with E-state index >= 15 is 0 Å². The Morgan fingerprint density at radius 1 is 1.33 bits per heavy atom. The van der Waals surface area contributed by atoms with E-state index in [2.05, 4.69) is 20.4 Å². The van der Waals surface area contributed by atoms with E-state index in [0.717, 1.165) is 17.0 Å². The highest BCUT2D eigenvalue weighted by molar-refractivity contribution is 5.44. The van der Waals surface area contributed by atoms with E-state index in [9.17, 15) is 0 Å². The molecule has 0 aliphatic rings. The number of nitrogens with zero attached hydrogens (tertiary/aromatic N) is 4. The quantitative estimate of drug-likeness (QED) is 0.761. The minimum atomic E-state index is 0.476. The van der Waals surface area contributed by atoms with Crippen molar-refractivity contribution in [1.82, 2.24) is 19.6 Å². The molecule has 92 valence electrons. The van der Waals surface area contributed by atoms with Gasteiger partial charge in [-0.1, -0.05) is 6.07 Å². The van der Waals surface area contributed by atoms with Gasteiger partial charge < -0.3 is 9.73 Å². The number of hydrogen-bond acceptors (Lipinski definition) is 5. The first-order valence-corrected chi connectivity index (χ1v) is 5.69. The number of oxazole rings is 1. The lowest BCUT2D eigenvalue weighted by molar-refractivity contribution is 0.478. The van der Waals surface area contributed by atoms with Gasteiger partial charge in [0.15, 0.2) is 5.65 Å². The molecule has 0 aromatic carbocycles. The Kier molecular flexibility index (Phi) is 2.47. The molecule has 0 radical (unpaired) electrons. The highest BCUT2D eigenvalue weighted by Crippen LogP contribution is 2.08. The molecule has 3 heterocycles. The fraction of sp³-hybridized carbons (Fsp3) is 0.250. The van der Waals surface area contributed by atoms with E-state index < -0.39 is 0 Å². The number of aryl methyl sites for hydroxylation is 2. The monoisotopic (exact) mass is 243 g/mol. The van der Waals surface area contributed by atoms with Crippen LogP contribution in [-0.4, -0.2) is 19.6 Å². The summed E-state index contributed by atoms with van der Waals surface area (Å²) in [4.78, 5) is 8.45. The van der Waals surface area contributed by atoms with Crippen molar-refractivity contribution >= 4 is 11.6 Å². The van der Waals surface area contributed by atoms with Crippen LogP contribution in [-0.2, 0) is 6.54 Å².